The van der Waals surface area contributed by atoms with Crippen molar-refractivity contribution >= 4 is 11.9 Å². The minimum absolute atomic E-state index is 0.244. The molecule has 1 atom stereocenters. The average molecular weight is 459 g/mol. The van der Waals surface area contributed by atoms with E-state index in [-0.39, 0.29) is 6.04 Å². The van der Waals surface area contributed by atoms with Crippen LogP contribution in [0.5, 0.6) is 5.75 Å². The summed E-state index contributed by atoms with van der Waals surface area (Å²) in [7, 11) is 1.66. The maximum Gasteiger partial charge on any atom is 0.416 e. The summed E-state index contributed by atoms with van der Waals surface area (Å²) in [6.07, 6.45) is -3.35. The molecule has 4 rings (SSSR count). The molecule has 32 heavy (non-hydrogen) atoms. The maximum atomic E-state index is 12.9. The summed E-state index contributed by atoms with van der Waals surface area (Å²) in [6, 6.07) is 22.3. The van der Waals surface area contributed by atoms with Gasteiger partial charge in [0.1, 0.15) is 5.75 Å². The van der Waals surface area contributed by atoms with E-state index in [4.69, 9.17) is 4.74 Å². The van der Waals surface area contributed by atoms with Gasteiger partial charge in [0, 0.05) is 30.6 Å². The van der Waals surface area contributed by atoms with Crippen LogP contribution in [0.15, 0.2) is 77.7 Å². The molecule has 3 nitrogen and oxygen atoms in total. The molecule has 168 valence electrons. The predicted octanol–water partition coefficient (Wildman–Crippen LogP) is 6.25. The molecular weight excluding hydrogens is 433 g/mol. The molecule has 0 bridgehead atoms. The standard InChI is InChI=1S/C25H25F3N2OS/c1-31-23-11-9-20(10-12-23)19-7-5-18(6-8-19)16-30-14-13-22(17-30)29-32-24-4-2-3-21(15-24)25(26,27)28/h2-12,15,22,29H,13-14,16-17H2,1H3. The summed E-state index contributed by atoms with van der Waals surface area (Å²) < 4.78 is 47.2. The van der Waals surface area contributed by atoms with Crippen molar-refractivity contribution in [3.63, 3.8) is 0 Å². The van der Waals surface area contributed by atoms with Gasteiger partial charge < -0.3 is 4.74 Å². The summed E-state index contributed by atoms with van der Waals surface area (Å²) in [5.41, 5.74) is 2.94. The number of alkyl halides is 3. The fourth-order valence-electron chi connectivity index (χ4n) is 3.80. The number of methoxy groups -OCH3 is 1. The monoisotopic (exact) mass is 458 g/mol. The van der Waals surface area contributed by atoms with Gasteiger partial charge in [-0.25, -0.2) is 0 Å². The lowest BCUT2D eigenvalue weighted by molar-refractivity contribution is -0.137. The van der Waals surface area contributed by atoms with Crippen molar-refractivity contribution in [3.05, 3.63) is 83.9 Å². The van der Waals surface area contributed by atoms with Gasteiger partial charge in [0.05, 0.1) is 12.7 Å². The lowest BCUT2D eigenvalue weighted by Crippen LogP contribution is -2.28. The minimum atomic E-state index is -4.32. The molecule has 3 aromatic carbocycles. The van der Waals surface area contributed by atoms with Crippen LogP contribution in [0.25, 0.3) is 11.1 Å². The van der Waals surface area contributed by atoms with Crippen molar-refractivity contribution in [1.82, 2.24) is 9.62 Å². The van der Waals surface area contributed by atoms with Crippen LogP contribution in [0.3, 0.4) is 0 Å². The smallest absolute Gasteiger partial charge is 0.416 e. The molecule has 1 saturated heterocycles. The first-order valence-corrected chi connectivity index (χ1v) is 11.3. The number of ether oxygens (including phenoxy) is 1. The third-order valence-corrected chi connectivity index (χ3v) is 6.50. The molecule has 1 heterocycles. The summed E-state index contributed by atoms with van der Waals surface area (Å²) in [5, 5.41) is 0. The highest BCUT2D eigenvalue weighted by Gasteiger charge is 2.30. The van der Waals surface area contributed by atoms with Gasteiger partial charge in [-0.2, -0.15) is 13.2 Å². The van der Waals surface area contributed by atoms with E-state index in [0.717, 1.165) is 49.0 Å². The van der Waals surface area contributed by atoms with Crippen LogP contribution in [0, 0.1) is 0 Å². The van der Waals surface area contributed by atoms with Gasteiger partial charge >= 0.3 is 6.18 Å². The Hall–Kier alpha value is -2.48. The lowest BCUT2D eigenvalue weighted by atomic mass is 10.0. The fraction of sp³-hybridized carbons (Fsp3) is 0.280. The van der Waals surface area contributed by atoms with Crippen LogP contribution < -0.4 is 9.46 Å². The zero-order valence-corrected chi connectivity index (χ0v) is 18.5. The highest BCUT2D eigenvalue weighted by molar-refractivity contribution is 7.97. The molecule has 0 spiro atoms. The van der Waals surface area contributed by atoms with Gasteiger partial charge in [-0.15, -0.1) is 0 Å². The fourth-order valence-corrected chi connectivity index (χ4v) is 4.63. The highest BCUT2D eigenvalue weighted by atomic mass is 32.2. The second-order valence-corrected chi connectivity index (χ2v) is 8.80. The Morgan fingerprint density at radius 3 is 2.34 bits per heavy atom. The summed E-state index contributed by atoms with van der Waals surface area (Å²) >= 11 is 1.27. The molecule has 1 fully saturated rings. The molecule has 7 heteroatoms. The summed E-state index contributed by atoms with van der Waals surface area (Å²) in [5.74, 6) is 0.841. The molecule has 0 radical (unpaired) electrons. The number of benzene rings is 3. The number of likely N-dealkylation sites (tertiary alicyclic amines) is 1. The van der Waals surface area contributed by atoms with E-state index in [2.05, 4.69) is 33.9 Å². The number of rotatable bonds is 7. The SMILES string of the molecule is COc1ccc(-c2ccc(CN3CCC(NSc4cccc(C(F)(F)F)c4)C3)cc2)cc1. The van der Waals surface area contributed by atoms with Crippen molar-refractivity contribution in [3.8, 4) is 16.9 Å². The number of halogens is 3. The van der Waals surface area contributed by atoms with Crippen LogP contribution in [0.4, 0.5) is 13.2 Å². The van der Waals surface area contributed by atoms with E-state index >= 15 is 0 Å². The van der Waals surface area contributed by atoms with Gasteiger partial charge in [-0.1, -0.05) is 42.5 Å². The summed E-state index contributed by atoms with van der Waals surface area (Å²) in [6.45, 7) is 2.68. The van der Waals surface area contributed by atoms with Crippen LogP contribution in [0.1, 0.15) is 17.5 Å². The number of nitrogens with one attached hydrogen (secondary N) is 1. The number of hydrogen-bond donors (Lipinski definition) is 1. The van der Waals surface area contributed by atoms with Crippen molar-refractivity contribution in [1.29, 1.82) is 0 Å². The zero-order chi connectivity index (χ0) is 22.6. The van der Waals surface area contributed by atoms with Crippen molar-refractivity contribution in [2.45, 2.75) is 30.1 Å². The van der Waals surface area contributed by atoms with Crippen LogP contribution in [-0.2, 0) is 12.7 Å². The molecule has 0 aliphatic carbocycles. The Bertz CT molecular complexity index is 1020. The molecule has 1 aliphatic rings. The number of hydrogen-bond acceptors (Lipinski definition) is 4. The van der Waals surface area contributed by atoms with Crippen molar-refractivity contribution in [2.75, 3.05) is 20.2 Å². The summed E-state index contributed by atoms with van der Waals surface area (Å²) in [4.78, 5) is 2.94. The Balaban J connectivity index is 1.28. The van der Waals surface area contributed by atoms with Gasteiger partial charge in [0.15, 0.2) is 0 Å². The highest BCUT2D eigenvalue weighted by Crippen LogP contribution is 2.31. The van der Waals surface area contributed by atoms with Crippen LogP contribution in [0.2, 0.25) is 0 Å². The minimum Gasteiger partial charge on any atom is -0.497 e. The molecule has 1 aliphatic heterocycles. The van der Waals surface area contributed by atoms with E-state index in [0.29, 0.717) is 4.90 Å². The Morgan fingerprint density at radius 2 is 1.69 bits per heavy atom. The van der Waals surface area contributed by atoms with E-state index in [1.54, 1.807) is 13.2 Å². The first-order chi connectivity index (χ1) is 15.4. The maximum absolute atomic E-state index is 12.9. The van der Waals surface area contributed by atoms with Crippen LogP contribution >= 0.6 is 11.9 Å². The van der Waals surface area contributed by atoms with Gasteiger partial charge in [0.2, 0.25) is 0 Å². The normalized spacial score (nSPS) is 16.9. The topological polar surface area (TPSA) is 24.5 Å². The third kappa shape index (κ3) is 5.85. The van der Waals surface area contributed by atoms with E-state index in [9.17, 15) is 13.2 Å². The predicted molar refractivity (Wildman–Crippen MR) is 123 cm³/mol. The average Bonchev–Trinajstić information content (AvgIpc) is 3.25. The Kier molecular flexibility index (Phi) is 7.08. The number of nitrogens with zero attached hydrogens (tertiary/aromatic N) is 1. The first kappa shape index (κ1) is 22.7. The molecule has 1 unspecified atom stereocenters. The van der Waals surface area contributed by atoms with Crippen molar-refractivity contribution < 1.29 is 17.9 Å². The molecule has 1 N–H and O–H groups in total. The van der Waals surface area contributed by atoms with Crippen LogP contribution in [-0.4, -0.2) is 31.1 Å². The van der Waals surface area contributed by atoms with Gasteiger partial charge in [0.25, 0.3) is 0 Å². The second-order valence-electron chi connectivity index (χ2n) is 7.89. The van der Waals surface area contributed by atoms with Crippen molar-refractivity contribution in [2.24, 2.45) is 0 Å². The molecule has 0 amide bonds. The lowest BCUT2D eigenvalue weighted by Gasteiger charge is -2.17. The molecular formula is C25H25F3N2OS. The van der Waals surface area contributed by atoms with E-state index in [1.807, 2.05) is 24.3 Å². The van der Waals surface area contributed by atoms with E-state index < -0.39 is 11.7 Å². The zero-order valence-electron chi connectivity index (χ0n) is 17.7. The van der Waals surface area contributed by atoms with Gasteiger partial charge in [-0.3, -0.25) is 9.62 Å². The van der Waals surface area contributed by atoms with Gasteiger partial charge in [-0.05, 0) is 65.4 Å². The quantitative estimate of drug-likeness (QED) is 0.423. The largest absolute Gasteiger partial charge is 0.497 e. The molecule has 3 aromatic rings. The molecule has 0 saturated carbocycles. The Morgan fingerprint density at radius 1 is 1.00 bits per heavy atom. The van der Waals surface area contributed by atoms with E-state index in [1.165, 1.54) is 29.6 Å². The third-order valence-electron chi connectivity index (χ3n) is 5.56. The first-order valence-electron chi connectivity index (χ1n) is 10.5. The Labute approximate surface area is 190 Å². The molecule has 0 aromatic heterocycles. The second kappa shape index (κ2) is 9.98.